The zero-order valence-electron chi connectivity index (χ0n) is 12.3. The summed E-state index contributed by atoms with van der Waals surface area (Å²) < 4.78 is 0. The van der Waals surface area contributed by atoms with E-state index in [1.165, 1.54) is 4.90 Å². The normalized spacial score (nSPS) is 11.8. The molecule has 2 amide bonds. The van der Waals surface area contributed by atoms with Crippen LogP contribution in [0.25, 0.3) is 0 Å². The van der Waals surface area contributed by atoms with E-state index in [0.29, 0.717) is 12.8 Å². The van der Waals surface area contributed by atoms with Crippen LogP contribution in [0.2, 0.25) is 0 Å². The maximum absolute atomic E-state index is 11.8. The predicted octanol–water partition coefficient (Wildman–Crippen LogP) is 1.52. The molecule has 0 radical (unpaired) electrons. The number of nitrogens with two attached hydrogens (primary N) is 1. The molecule has 1 aromatic carbocycles. The maximum atomic E-state index is 11.8. The van der Waals surface area contributed by atoms with Crippen LogP contribution in [0.4, 0.5) is 5.69 Å². The third-order valence-electron chi connectivity index (χ3n) is 2.96. The van der Waals surface area contributed by atoms with Gasteiger partial charge >= 0.3 is 0 Å². The van der Waals surface area contributed by atoms with E-state index in [9.17, 15) is 9.59 Å². The lowest BCUT2D eigenvalue weighted by Gasteiger charge is -2.17. The number of benzene rings is 1. The predicted molar refractivity (Wildman–Crippen MR) is 80.3 cm³/mol. The number of carbonyl (C=O) groups is 2. The molecule has 1 atom stereocenters. The van der Waals surface area contributed by atoms with E-state index in [2.05, 4.69) is 5.32 Å². The van der Waals surface area contributed by atoms with Crippen LogP contribution in [-0.4, -0.2) is 36.3 Å². The Morgan fingerprint density at radius 1 is 1.30 bits per heavy atom. The fraction of sp³-hybridized carbons (Fsp3) is 0.467. The average molecular weight is 277 g/mol. The van der Waals surface area contributed by atoms with Crippen molar-refractivity contribution in [2.24, 2.45) is 5.73 Å². The Bertz CT molecular complexity index is 455. The second kappa shape index (κ2) is 7.65. The van der Waals surface area contributed by atoms with Crippen molar-refractivity contribution < 1.29 is 9.59 Å². The van der Waals surface area contributed by atoms with Gasteiger partial charge in [0.2, 0.25) is 11.8 Å². The van der Waals surface area contributed by atoms with Crippen LogP contribution < -0.4 is 11.1 Å². The number of nitrogens with zero attached hydrogens (tertiary/aromatic N) is 1. The van der Waals surface area contributed by atoms with Crippen molar-refractivity contribution in [2.75, 3.05) is 18.9 Å². The molecule has 3 N–H and O–H groups in total. The Hall–Kier alpha value is -1.88. The van der Waals surface area contributed by atoms with Crippen LogP contribution in [0.1, 0.15) is 25.3 Å². The molecule has 20 heavy (non-hydrogen) atoms. The van der Waals surface area contributed by atoms with Gasteiger partial charge in [-0.05, 0) is 32.4 Å². The number of likely N-dealkylation sites (N-methyl/N-ethyl adjacent to an activating group) is 1. The van der Waals surface area contributed by atoms with Gasteiger partial charge in [0.15, 0.2) is 0 Å². The maximum Gasteiger partial charge on any atom is 0.243 e. The van der Waals surface area contributed by atoms with Crippen molar-refractivity contribution in [3.8, 4) is 0 Å². The van der Waals surface area contributed by atoms with Gasteiger partial charge in [-0.15, -0.1) is 0 Å². The molecule has 0 saturated heterocycles. The largest absolute Gasteiger partial charge is 0.336 e. The van der Waals surface area contributed by atoms with Gasteiger partial charge in [0, 0.05) is 25.2 Å². The standard InChI is InChI=1S/C15H23N3O2/c1-11-4-7-13(8-5-11)17-14(19)10-18(3)15(20)9-6-12(2)16/h4-5,7-8,12H,6,9-10,16H2,1-3H3,(H,17,19). The highest BCUT2D eigenvalue weighted by molar-refractivity contribution is 5.94. The Kier molecular flexibility index (Phi) is 6.18. The molecular weight excluding hydrogens is 254 g/mol. The molecule has 110 valence electrons. The first-order valence-corrected chi connectivity index (χ1v) is 6.74. The first kappa shape index (κ1) is 16.2. The molecule has 1 unspecified atom stereocenters. The summed E-state index contributed by atoms with van der Waals surface area (Å²) >= 11 is 0. The highest BCUT2D eigenvalue weighted by Crippen LogP contribution is 2.08. The minimum atomic E-state index is -0.203. The summed E-state index contributed by atoms with van der Waals surface area (Å²) in [6.07, 6.45) is 0.995. The molecule has 0 spiro atoms. The molecule has 0 bridgehead atoms. The zero-order chi connectivity index (χ0) is 15.1. The van der Waals surface area contributed by atoms with Crippen molar-refractivity contribution in [1.29, 1.82) is 0 Å². The summed E-state index contributed by atoms with van der Waals surface area (Å²) in [6, 6.07) is 7.52. The van der Waals surface area contributed by atoms with Crippen LogP contribution in [-0.2, 0) is 9.59 Å². The number of rotatable bonds is 6. The smallest absolute Gasteiger partial charge is 0.243 e. The van der Waals surface area contributed by atoms with Crippen molar-refractivity contribution in [2.45, 2.75) is 32.7 Å². The van der Waals surface area contributed by atoms with E-state index in [1.807, 2.05) is 38.1 Å². The number of carbonyl (C=O) groups excluding carboxylic acids is 2. The quantitative estimate of drug-likeness (QED) is 0.827. The highest BCUT2D eigenvalue weighted by Gasteiger charge is 2.13. The van der Waals surface area contributed by atoms with Crippen LogP contribution in [0.5, 0.6) is 0 Å². The molecule has 1 rings (SSSR count). The van der Waals surface area contributed by atoms with E-state index in [-0.39, 0.29) is 24.4 Å². The minimum absolute atomic E-state index is 0.00580. The van der Waals surface area contributed by atoms with Crippen molar-refractivity contribution >= 4 is 17.5 Å². The lowest BCUT2D eigenvalue weighted by Crippen LogP contribution is -2.35. The van der Waals surface area contributed by atoms with Gasteiger partial charge in [-0.3, -0.25) is 9.59 Å². The summed E-state index contributed by atoms with van der Waals surface area (Å²) in [5, 5.41) is 2.76. The van der Waals surface area contributed by atoms with Gasteiger partial charge in [0.25, 0.3) is 0 Å². The Balaban J connectivity index is 2.41. The molecular formula is C15H23N3O2. The molecule has 0 aliphatic carbocycles. The molecule has 5 nitrogen and oxygen atoms in total. The van der Waals surface area contributed by atoms with E-state index in [1.54, 1.807) is 7.05 Å². The van der Waals surface area contributed by atoms with Gasteiger partial charge < -0.3 is 16.0 Å². The topological polar surface area (TPSA) is 75.4 Å². The van der Waals surface area contributed by atoms with Crippen LogP contribution >= 0.6 is 0 Å². The number of hydrogen-bond acceptors (Lipinski definition) is 3. The summed E-state index contributed by atoms with van der Waals surface area (Å²) in [5.41, 5.74) is 7.47. The van der Waals surface area contributed by atoms with Crippen LogP contribution in [0, 0.1) is 6.92 Å². The van der Waals surface area contributed by atoms with Crippen molar-refractivity contribution in [3.63, 3.8) is 0 Å². The monoisotopic (exact) mass is 277 g/mol. The molecule has 0 aliphatic rings. The fourth-order valence-electron chi connectivity index (χ4n) is 1.68. The van der Waals surface area contributed by atoms with E-state index in [4.69, 9.17) is 5.73 Å². The fourth-order valence-corrected chi connectivity index (χ4v) is 1.68. The molecule has 1 aromatic rings. The Morgan fingerprint density at radius 3 is 2.45 bits per heavy atom. The van der Waals surface area contributed by atoms with Crippen LogP contribution in [0.15, 0.2) is 24.3 Å². The van der Waals surface area contributed by atoms with Gasteiger partial charge in [-0.1, -0.05) is 17.7 Å². The first-order valence-electron chi connectivity index (χ1n) is 6.74. The van der Waals surface area contributed by atoms with Crippen molar-refractivity contribution in [1.82, 2.24) is 4.90 Å². The molecule has 0 aliphatic heterocycles. The van der Waals surface area contributed by atoms with Crippen LogP contribution in [0.3, 0.4) is 0 Å². The number of nitrogens with one attached hydrogen (secondary N) is 1. The Labute approximate surface area is 120 Å². The second-order valence-electron chi connectivity index (χ2n) is 5.18. The van der Waals surface area contributed by atoms with Gasteiger partial charge in [0.1, 0.15) is 0 Å². The minimum Gasteiger partial charge on any atom is -0.336 e. The van der Waals surface area contributed by atoms with E-state index in [0.717, 1.165) is 11.3 Å². The van der Waals surface area contributed by atoms with Crippen molar-refractivity contribution in [3.05, 3.63) is 29.8 Å². The third kappa shape index (κ3) is 5.84. The molecule has 0 heterocycles. The SMILES string of the molecule is Cc1ccc(NC(=O)CN(C)C(=O)CCC(C)N)cc1. The zero-order valence-corrected chi connectivity index (χ0v) is 12.3. The van der Waals surface area contributed by atoms with E-state index >= 15 is 0 Å². The van der Waals surface area contributed by atoms with Gasteiger partial charge in [-0.25, -0.2) is 0 Å². The highest BCUT2D eigenvalue weighted by atomic mass is 16.2. The van der Waals surface area contributed by atoms with Gasteiger partial charge in [-0.2, -0.15) is 0 Å². The summed E-state index contributed by atoms with van der Waals surface area (Å²) in [7, 11) is 1.62. The number of anilines is 1. The number of hydrogen-bond donors (Lipinski definition) is 2. The lowest BCUT2D eigenvalue weighted by atomic mass is 10.2. The lowest BCUT2D eigenvalue weighted by molar-refractivity contribution is -0.133. The summed E-state index contributed by atoms with van der Waals surface area (Å²) in [5.74, 6) is -0.271. The number of amides is 2. The molecule has 5 heteroatoms. The Morgan fingerprint density at radius 2 is 1.90 bits per heavy atom. The average Bonchev–Trinajstić information content (AvgIpc) is 2.38. The van der Waals surface area contributed by atoms with Gasteiger partial charge in [0.05, 0.1) is 6.54 Å². The first-order chi connectivity index (χ1) is 9.38. The summed E-state index contributed by atoms with van der Waals surface area (Å²) in [4.78, 5) is 25.0. The van der Waals surface area contributed by atoms with E-state index < -0.39 is 0 Å². The molecule has 0 aromatic heterocycles. The number of aryl methyl sites for hydroxylation is 1. The summed E-state index contributed by atoms with van der Waals surface area (Å²) in [6.45, 7) is 3.89. The molecule has 0 fully saturated rings. The molecule has 0 saturated carbocycles. The second-order valence-corrected chi connectivity index (χ2v) is 5.18. The third-order valence-corrected chi connectivity index (χ3v) is 2.96.